The highest BCUT2D eigenvalue weighted by molar-refractivity contribution is 5.28. The van der Waals surface area contributed by atoms with E-state index in [1.165, 1.54) is 6.42 Å². The van der Waals surface area contributed by atoms with E-state index in [0.717, 1.165) is 30.8 Å². The predicted octanol–water partition coefficient (Wildman–Crippen LogP) is 3.93. The van der Waals surface area contributed by atoms with Gasteiger partial charge in [0.15, 0.2) is 5.75 Å². The Labute approximate surface area is 130 Å². The zero-order chi connectivity index (χ0) is 16.0. The molecule has 0 amide bonds. The largest absolute Gasteiger partial charge is 0.493 e. The summed E-state index contributed by atoms with van der Waals surface area (Å²) in [6.07, 6.45) is 5.26. The molecule has 4 nitrogen and oxygen atoms in total. The quantitative estimate of drug-likeness (QED) is 0.789. The second kappa shape index (κ2) is 7.83. The molecule has 0 radical (unpaired) electrons. The van der Waals surface area contributed by atoms with Gasteiger partial charge in [0.1, 0.15) is 0 Å². The zero-order valence-electron chi connectivity index (χ0n) is 14.9. The molecule has 1 aromatic heterocycles. The number of nitrogens with zero attached hydrogens (tertiary/aromatic N) is 2. The molecule has 0 spiro atoms. The Morgan fingerprint density at radius 3 is 2.57 bits per heavy atom. The maximum Gasteiger partial charge on any atom is 0.161 e. The third-order valence-electron chi connectivity index (χ3n) is 3.74. The number of hydrogen-bond donors (Lipinski definition) is 1. The van der Waals surface area contributed by atoms with Crippen LogP contribution in [0.3, 0.4) is 0 Å². The van der Waals surface area contributed by atoms with Crippen molar-refractivity contribution in [2.75, 3.05) is 13.7 Å². The van der Waals surface area contributed by atoms with Crippen LogP contribution in [-0.2, 0) is 7.05 Å². The number of aromatic nitrogens is 2. The molecular formula is C17H33N3O. The van der Waals surface area contributed by atoms with Crippen LogP contribution in [0.1, 0.15) is 65.6 Å². The zero-order valence-corrected chi connectivity index (χ0v) is 14.9. The van der Waals surface area contributed by atoms with Crippen LogP contribution in [0.15, 0.2) is 6.20 Å². The van der Waals surface area contributed by atoms with Crippen LogP contribution in [0.4, 0.5) is 0 Å². The van der Waals surface area contributed by atoms with Crippen molar-refractivity contribution in [1.82, 2.24) is 15.1 Å². The van der Waals surface area contributed by atoms with Gasteiger partial charge < -0.3 is 10.1 Å². The molecule has 122 valence electrons. The fourth-order valence-corrected chi connectivity index (χ4v) is 3.12. The molecule has 2 atom stereocenters. The summed E-state index contributed by atoms with van der Waals surface area (Å²) in [5.41, 5.74) is 1.53. The smallest absolute Gasteiger partial charge is 0.161 e. The molecular weight excluding hydrogens is 262 g/mol. The summed E-state index contributed by atoms with van der Waals surface area (Å²) in [6, 6.07) is 0.296. The van der Waals surface area contributed by atoms with Crippen LogP contribution in [-0.4, -0.2) is 23.4 Å². The molecule has 0 aliphatic heterocycles. The second-order valence-corrected chi connectivity index (χ2v) is 7.33. The van der Waals surface area contributed by atoms with Gasteiger partial charge in [0.05, 0.1) is 25.0 Å². The van der Waals surface area contributed by atoms with E-state index >= 15 is 0 Å². The van der Waals surface area contributed by atoms with Crippen molar-refractivity contribution in [1.29, 1.82) is 0 Å². The van der Waals surface area contributed by atoms with Crippen molar-refractivity contribution in [2.45, 2.75) is 59.9 Å². The Kier molecular flexibility index (Phi) is 6.72. The van der Waals surface area contributed by atoms with Crippen LogP contribution < -0.4 is 10.1 Å². The molecule has 4 heteroatoms. The van der Waals surface area contributed by atoms with Gasteiger partial charge in [-0.2, -0.15) is 5.10 Å². The highest BCUT2D eigenvalue weighted by Crippen LogP contribution is 2.33. The average molecular weight is 295 g/mol. The molecule has 1 aromatic rings. The third-order valence-corrected chi connectivity index (χ3v) is 3.74. The van der Waals surface area contributed by atoms with Crippen LogP contribution >= 0.6 is 0 Å². The first kappa shape index (κ1) is 18.0. The maximum atomic E-state index is 5.49. The van der Waals surface area contributed by atoms with Gasteiger partial charge in [0.2, 0.25) is 0 Å². The number of hydrogen-bond acceptors (Lipinski definition) is 3. The van der Waals surface area contributed by atoms with E-state index < -0.39 is 0 Å². The summed E-state index contributed by atoms with van der Waals surface area (Å²) in [5, 5.41) is 8.01. The Hall–Kier alpha value is -1.03. The van der Waals surface area contributed by atoms with E-state index in [4.69, 9.17) is 4.74 Å². The number of nitrogens with one attached hydrogen (secondary N) is 1. The average Bonchev–Trinajstić information content (AvgIpc) is 2.73. The van der Waals surface area contributed by atoms with Crippen LogP contribution in [0.25, 0.3) is 0 Å². The first-order valence-corrected chi connectivity index (χ1v) is 8.07. The van der Waals surface area contributed by atoms with E-state index in [1.807, 2.05) is 17.9 Å². The van der Waals surface area contributed by atoms with Gasteiger partial charge in [0.25, 0.3) is 0 Å². The molecule has 0 aliphatic carbocycles. The highest BCUT2D eigenvalue weighted by atomic mass is 16.5. The normalized spacial score (nSPS) is 15.0. The van der Waals surface area contributed by atoms with Crippen molar-refractivity contribution in [3.05, 3.63) is 11.9 Å². The first-order valence-electron chi connectivity index (χ1n) is 8.07. The van der Waals surface area contributed by atoms with Gasteiger partial charge in [-0.15, -0.1) is 0 Å². The molecule has 1 rings (SSSR count). The van der Waals surface area contributed by atoms with E-state index in [1.54, 1.807) is 7.11 Å². The van der Waals surface area contributed by atoms with Gasteiger partial charge in [-0.1, -0.05) is 34.6 Å². The lowest BCUT2D eigenvalue weighted by molar-refractivity contribution is 0.270. The summed E-state index contributed by atoms with van der Waals surface area (Å²) in [7, 11) is 3.71. The molecule has 0 saturated carbocycles. The van der Waals surface area contributed by atoms with E-state index in [0.29, 0.717) is 17.4 Å². The lowest BCUT2D eigenvalue weighted by atomic mass is 9.82. The van der Waals surface area contributed by atoms with E-state index in [2.05, 4.69) is 45.0 Å². The molecule has 1 heterocycles. The summed E-state index contributed by atoms with van der Waals surface area (Å²) in [4.78, 5) is 0. The SMILES string of the molecule is CCCNC(CC(C)CC(C)(C)C)c1c(OC)cnn1C. The van der Waals surface area contributed by atoms with Crippen LogP contribution in [0.5, 0.6) is 5.75 Å². The monoisotopic (exact) mass is 295 g/mol. The number of aryl methyl sites for hydroxylation is 1. The van der Waals surface area contributed by atoms with E-state index in [9.17, 15) is 0 Å². The fourth-order valence-electron chi connectivity index (χ4n) is 3.12. The van der Waals surface area contributed by atoms with E-state index in [-0.39, 0.29) is 0 Å². The topological polar surface area (TPSA) is 39.1 Å². The van der Waals surface area contributed by atoms with Crippen molar-refractivity contribution in [3.63, 3.8) is 0 Å². The second-order valence-electron chi connectivity index (χ2n) is 7.33. The van der Waals surface area contributed by atoms with Crippen LogP contribution in [0, 0.1) is 11.3 Å². The molecule has 2 unspecified atom stereocenters. The van der Waals surface area contributed by atoms with Crippen molar-refractivity contribution in [3.8, 4) is 5.75 Å². The lowest BCUT2D eigenvalue weighted by Crippen LogP contribution is -2.27. The Morgan fingerprint density at radius 2 is 2.05 bits per heavy atom. The lowest BCUT2D eigenvalue weighted by Gasteiger charge is -2.27. The summed E-state index contributed by atoms with van der Waals surface area (Å²) in [5.74, 6) is 1.54. The molecule has 0 bridgehead atoms. The van der Waals surface area contributed by atoms with Gasteiger partial charge in [-0.3, -0.25) is 4.68 Å². The minimum absolute atomic E-state index is 0.296. The van der Waals surface area contributed by atoms with Gasteiger partial charge in [0, 0.05) is 7.05 Å². The van der Waals surface area contributed by atoms with Crippen molar-refractivity contribution >= 4 is 0 Å². The molecule has 0 aliphatic rings. The minimum Gasteiger partial charge on any atom is -0.493 e. The van der Waals surface area contributed by atoms with Gasteiger partial charge in [-0.25, -0.2) is 0 Å². The Morgan fingerprint density at radius 1 is 1.38 bits per heavy atom. The molecule has 21 heavy (non-hydrogen) atoms. The van der Waals surface area contributed by atoms with Crippen molar-refractivity contribution < 1.29 is 4.74 Å². The minimum atomic E-state index is 0.296. The maximum absolute atomic E-state index is 5.49. The van der Waals surface area contributed by atoms with Gasteiger partial charge in [-0.05, 0) is 37.1 Å². The number of ether oxygens (including phenoxy) is 1. The summed E-state index contributed by atoms with van der Waals surface area (Å²) in [6.45, 7) is 12.5. The Bertz CT molecular complexity index is 420. The van der Waals surface area contributed by atoms with Crippen molar-refractivity contribution in [2.24, 2.45) is 18.4 Å². The Balaban J connectivity index is 2.87. The summed E-state index contributed by atoms with van der Waals surface area (Å²) >= 11 is 0. The highest BCUT2D eigenvalue weighted by Gasteiger charge is 2.24. The summed E-state index contributed by atoms with van der Waals surface area (Å²) < 4.78 is 7.43. The molecule has 0 saturated heterocycles. The van der Waals surface area contributed by atoms with Crippen LogP contribution in [0.2, 0.25) is 0 Å². The fraction of sp³-hybridized carbons (Fsp3) is 0.824. The molecule has 0 aromatic carbocycles. The standard InChI is InChI=1S/C17H33N3O/c1-8-9-18-14(10-13(2)11-17(3,4)5)16-15(21-7)12-19-20(16)6/h12-14,18H,8-11H2,1-7H3. The molecule has 0 fully saturated rings. The number of methoxy groups -OCH3 is 1. The third kappa shape index (κ3) is 5.70. The number of rotatable bonds is 8. The molecule has 1 N–H and O–H groups in total. The predicted molar refractivity (Wildman–Crippen MR) is 88.6 cm³/mol. The first-order chi connectivity index (χ1) is 9.78. The van der Waals surface area contributed by atoms with Gasteiger partial charge >= 0.3 is 0 Å².